The van der Waals surface area contributed by atoms with Gasteiger partial charge in [0.15, 0.2) is 11.5 Å². The number of ether oxygens (including phenoxy) is 3. The summed E-state index contributed by atoms with van der Waals surface area (Å²) in [4.78, 5) is 18.2. The number of anilines is 1. The molecule has 1 amide bonds. The van der Waals surface area contributed by atoms with Crippen molar-refractivity contribution in [3.63, 3.8) is 0 Å². The normalized spacial score (nSPS) is 15.6. The molecule has 1 aliphatic heterocycles. The number of benzene rings is 2. The van der Waals surface area contributed by atoms with Gasteiger partial charge in [-0.15, -0.1) is 0 Å². The van der Waals surface area contributed by atoms with Gasteiger partial charge in [-0.05, 0) is 23.8 Å². The van der Waals surface area contributed by atoms with Gasteiger partial charge in [0.1, 0.15) is 5.69 Å². The fourth-order valence-electron chi connectivity index (χ4n) is 4.04. The number of nitrogens with zero attached hydrogens (tertiary/aromatic N) is 1. The van der Waals surface area contributed by atoms with Gasteiger partial charge in [-0.2, -0.15) is 8.42 Å². The monoisotopic (exact) mass is 460 g/mol. The van der Waals surface area contributed by atoms with Gasteiger partial charge < -0.3 is 24.1 Å². The zero-order valence-electron chi connectivity index (χ0n) is 18.2. The molecule has 32 heavy (non-hydrogen) atoms. The highest BCUT2D eigenvalue weighted by Gasteiger charge is 2.34. The van der Waals surface area contributed by atoms with Gasteiger partial charge in [0, 0.05) is 23.5 Å². The second-order valence-corrected chi connectivity index (χ2v) is 9.10. The third-order valence-electron chi connectivity index (χ3n) is 5.45. The summed E-state index contributed by atoms with van der Waals surface area (Å²) in [6.45, 7) is 0.265. The zero-order valence-corrected chi connectivity index (χ0v) is 19.0. The molecule has 0 fully saturated rings. The van der Waals surface area contributed by atoms with Gasteiger partial charge >= 0.3 is 0 Å². The van der Waals surface area contributed by atoms with E-state index in [2.05, 4.69) is 4.98 Å². The fourth-order valence-corrected chi connectivity index (χ4v) is 4.45. The topological polar surface area (TPSA) is 107 Å². The maximum absolute atomic E-state index is 13.5. The Morgan fingerprint density at radius 3 is 2.47 bits per heavy atom. The molecule has 1 N–H and O–H groups in total. The lowest BCUT2D eigenvalue weighted by atomic mass is 10.0. The molecule has 4 rings (SSSR count). The summed E-state index contributed by atoms with van der Waals surface area (Å²) in [5.74, 6) is 0.828. The summed E-state index contributed by atoms with van der Waals surface area (Å²) in [5, 5.41) is 0.729. The first-order valence-corrected chi connectivity index (χ1v) is 11.7. The summed E-state index contributed by atoms with van der Waals surface area (Å²) in [6.07, 6.45) is 1.01. The smallest absolute Gasteiger partial charge is 0.274 e. The molecule has 3 aromatic rings. The number of aromatic amines is 1. The van der Waals surface area contributed by atoms with Crippen LogP contribution in [-0.2, 0) is 14.3 Å². The highest BCUT2D eigenvalue weighted by atomic mass is 32.2. The van der Waals surface area contributed by atoms with Crippen molar-refractivity contribution in [1.82, 2.24) is 4.98 Å². The Morgan fingerprint density at radius 1 is 1.09 bits per heavy atom. The van der Waals surface area contributed by atoms with E-state index in [-0.39, 0.29) is 18.4 Å². The molecule has 1 aromatic heterocycles. The minimum absolute atomic E-state index is 0.0332. The minimum Gasteiger partial charge on any atom is -0.493 e. The first kappa shape index (κ1) is 22.0. The fraction of sp³-hybridized carbons (Fsp3) is 0.318. The average molecular weight is 461 g/mol. The molecule has 0 bridgehead atoms. The number of amides is 1. The molecule has 1 unspecified atom stereocenters. The molecule has 2 heterocycles. The van der Waals surface area contributed by atoms with E-state index < -0.39 is 10.1 Å². The van der Waals surface area contributed by atoms with E-state index >= 15 is 0 Å². The first-order valence-electron chi connectivity index (χ1n) is 9.84. The number of fused-ring (bicyclic) bond motifs is 2. The molecular formula is C22H24N2O7S. The first-order chi connectivity index (χ1) is 15.3. The van der Waals surface area contributed by atoms with E-state index in [1.54, 1.807) is 17.0 Å². The van der Waals surface area contributed by atoms with Crippen molar-refractivity contribution >= 4 is 32.6 Å². The molecule has 170 valence electrons. The van der Waals surface area contributed by atoms with Crippen LogP contribution >= 0.6 is 0 Å². The number of hydrogen-bond donors (Lipinski definition) is 1. The summed E-state index contributed by atoms with van der Waals surface area (Å²) in [7, 11) is 0.971. The number of carbonyl (C=O) groups is 1. The maximum Gasteiger partial charge on any atom is 0.274 e. The van der Waals surface area contributed by atoms with Crippen molar-refractivity contribution in [1.29, 1.82) is 0 Å². The summed E-state index contributed by atoms with van der Waals surface area (Å²) in [5.41, 5.74) is 2.55. The van der Waals surface area contributed by atoms with Crippen LogP contribution in [-0.4, -0.2) is 60.0 Å². The number of hydrogen-bond acceptors (Lipinski definition) is 7. The van der Waals surface area contributed by atoms with Crippen molar-refractivity contribution in [2.75, 3.05) is 45.6 Å². The average Bonchev–Trinajstić information content (AvgIpc) is 3.37. The predicted molar refractivity (Wildman–Crippen MR) is 120 cm³/mol. The third-order valence-corrected chi connectivity index (χ3v) is 6.01. The zero-order chi connectivity index (χ0) is 23.0. The van der Waals surface area contributed by atoms with E-state index in [0.717, 1.165) is 22.9 Å². The number of rotatable bonds is 7. The van der Waals surface area contributed by atoms with E-state index in [4.69, 9.17) is 18.4 Å². The number of carbonyl (C=O) groups excluding carboxylic acids is 1. The molecule has 2 aromatic carbocycles. The highest BCUT2D eigenvalue weighted by molar-refractivity contribution is 7.85. The maximum atomic E-state index is 13.5. The largest absolute Gasteiger partial charge is 0.493 e. The van der Waals surface area contributed by atoms with Gasteiger partial charge in [-0.3, -0.25) is 8.98 Å². The predicted octanol–water partition coefficient (Wildman–Crippen LogP) is 2.91. The molecule has 0 radical (unpaired) electrons. The lowest BCUT2D eigenvalue weighted by molar-refractivity contribution is 0.0983. The van der Waals surface area contributed by atoms with Crippen LogP contribution in [0.1, 0.15) is 22.0 Å². The highest BCUT2D eigenvalue weighted by Crippen LogP contribution is 2.44. The van der Waals surface area contributed by atoms with Gasteiger partial charge in [-0.1, -0.05) is 18.2 Å². The Hall–Kier alpha value is -3.24. The Balaban J connectivity index is 1.71. The molecule has 9 nitrogen and oxygen atoms in total. The van der Waals surface area contributed by atoms with Gasteiger partial charge in [0.25, 0.3) is 16.0 Å². The molecule has 10 heteroatoms. The number of H-pyrrole nitrogens is 1. The van der Waals surface area contributed by atoms with E-state index in [0.29, 0.717) is 35.0 Å². The second-order valence-electron chi connectivity index (χ2n) is 7.45. The van der Waals surface area contributed by atoms with Gasteiger partial charge in [0.05, 0.1) is 39.7 Å². The lowest BCUT2D eigenvalue weighted by Crippen LogP contribution is -2.31. The van der Waals surface area contributed by atoms with Crippen molar-refractivity contribution in [2.45, 2.75) is 5.92 Å². The number of nitrogens with one attached hydrogen (secondary N) is 1. The summed E-state index contributed by atoms with van der Waals surface area (Å²) < 4.78 is 44.3. The van der Waals surface area contributed by atoms with Crippen molar-refractivity contribution in [3.05, 3.63) is 47.7 Å². The van der Waals surface area contributed by atoms with Crippen LogP contribution in [0.2, 0.25) is 0 Å². The third kappa shape index (κ3) is 3.87. The number of methoxy groups -OCH3 is 3. The van der Waals surface area contributed by atoms with E-state index in [1.807, 2.05) is 24.3 Å². The molecule has 0 spiro atoms. The second kappa shape index (κ2) is 8.36. The van der Waals surface area contributed by atoms with Crippen molar-refractivity contribution in [3.8, 4) is 17.2 Å². The van der Waals surface area contributed by atoms with Crippen LogP contribution < -0.4 is 19.1 Å². The summed E-state index contributed by atoms with van der Waals surface area (Å²) >= 11 is 0. The van der Waals surface area contributed by atoms with Crippen LogP contribution in [0, 0.1) is 0 Å². The molecule has 1 atom stereocenters. The van der Waals surface area contributed by atoms with Gasteiger partial charge in [-0.25, -0.2) is 0 Å². The van der Waals surface area contributed by atoms with Crippen molar-refractivity contribution in [2.24, 2.45) is 0 Å². The molecule has 0 saturated heterocycles. The van der Waals surface area contributed by atoms with Crippen LogP contribution in [0.5, 0.6) is 17.2 Å². The Kier molecular flexibility index (Phi) is 5.74. The van der Waals surface area contributed by atoms with Crippen LogP contribution in [0.25, 0.3) is 10.9 Å². The molecule has 0 aliphatic carbocycles. The molecule has 1 aliphatic rings. The van der Waals surface area contributed by atoms with E-state index in [9.17, 15) is 13.2 Å². The Bertz CT molecular complexity index is 1280. The molecular weight excluding hydrogens is 436 g/mol. The van der Waals surface area contributed by atoms with E-state index in [1.165, 1.54) is 21.3 Å². The molecule has 0 saturated carbocycles. The van der Waals surface area contributed by atoms with Crippen LogP contribution in [0.15, 0.2) is 36.4 Å². The lowest BCUT2D eigenvalue weighted by Gasteiger charge is -2.17. The minimum atomic E-state index is -3.59. The quantitative estimate of drug-likeness (QED) is 0.540. The van der Waals surface area contributed by atoms with Crippen LogP contribution in [0.4, 0.5) is 5.69 Å². The van der Waals surface area contributed by atoms with Gasteiger partial charge in [0.2, 0.25) is 5.75 Å². The number of aromatic nitrogens is 1. The number of para-hydroxylation sites is 1. The van der Waals surface area contributed by atoms with Crippen molar-refractivity contribution < 1.29 is 31.6 Å². The van der Waals surface area contributed by atoms with Crippen LogP contribution in [0.3, 0.4) is 0 Å². The Morgan fingerprint density at radius 2 is 1.81 bits per heavy atom. The SMILES string of the molecule is COc1cc2cc(C(=O)N3CC(COS(C)(=O)=O)c4ccccc43)[nH]c2c(OC)c1OC. The summed E-state index contributed by atoms with van der Waals surface area (Å²) in [6, 6.07) is 10.9. The Labute approximate surface area is 186 Å². The standard InChI is InChI=1S/C22H24N2O7S/c1-28-18-10-13-9-16(23-19(13)21(30-3)20(18)29-2)22(25)24-11-14(12-31-32(4,26)27)15-7-5-6-8-17(15)24/h5-10,14,23H,11-12H2,1-4H3.